The minimum Gasteiger partial charge on any atom is -0.456 e. The van der Waals surface area contributed by atoms with Crippen molar-refractivity contribution in [3.05, 3.63) is 23.8 Å². The van der Waals surface area contributed by atoms with Crippen LogP contribution in [-0.2, 0) is 4.74 Å². The Morgan fingerprint density at radius 2 is 1.78 bits per heavy atom. The normalized spacial score (nSPS) is 12.3. The van der Waals surface area contributed by atoms with Crippen LogP contribution in [0.4, 0.5) is 18.6 Å². The van der Waals surface area contributed by atoms with Gasteiger partial charge >= 0.3 is 12.9 Å². The van der Waals surface area contributed by atoms with Gasteiger partial charge in [-0.2, -0.15) is 0 Å². The molecule has 0 aliphatic heterocycles. The van der Waals surface area contributed by atoms with Gasteiger partial charge in [-0.25, -0.2) is 4.79 Å². The quantitative estimate of drug-likeness (QED) is 0.504. The van der Waals surface area contributed by atoms with Crippen molar-refractivity contribution in [3.63, 3.8) is 0 Å². The molecule has 0 radical (unpaired) electrons. The van der Waals surface area contributed by atoms with Crippen molar-refractivity contribution in [3.8, 4) is 0 Å². The van der Waals surface area contributed by atoms with Crippen molar-refractivity contribution in [2.24, 2.45) is 0 Å². The number of carbonyl (C=O) groups is 1. The molecule has 0 atom stereocenters. The molecule has 1 rings (SSSR count). The standard InChI is InChI=1S/C11H14BF3NO2/c1-11(2,3)18-10(17)7-4-8(12(13,14)15)6-9(16)5-7/h4-6H,16H2,1-3H3/q-1. The molecule has 0 heterocycles. The Hall–Kier alpha value is -1.66. The molecular formula is C11H14BF3NO2-. The molecule has 0 spiro atoms. The summed E-state index contributed by atoms with van der Waals surface area (Å²) >= 11 is 0. The number of carbonyl (C=O) groups excluding carboxylic acids is 1. The fourth-order valence-electron chi connectivity index (χ4n) is 1.32. The van der Waals surface area contributed by atoms with Crippen LogP contribution >= 0.6 is 0 Å². The van der Waals surface area contributed by atoms with E-state index in [1.165, 1.54) is 6.07 Å². The van der Waals surface area contributed by atoms with Gasteiger partial charge in [0.1, 0.15) is 5.60 Å². The number of esters is 1. The van der Waals surface area contributed by atoms with Gasteiger partial charge in [0.2, 0.25) is 0 Å². The van der Waals surface area contributed by atoms with Gasteiger partial charge in [-0.15, -0.1) is 5.46 Å². The van der Waals surface area contributed by atoms with Crippen molar-refractivity contribution in [1.29, 1.82) is 0 Å². The molecule has 0 bridgehead atoms. The van der Waals surface area contributed by atoms with E-state index in [9.17, 15) is 17.7 Å². The van der Waals surface area contributed by atoms with Gasteiger partial charge in [0.25, 0.3) is 0 Å². The molecule has 0 saturated heterocycles. The highest BCUT2D eigenvalue weighted by molar-refractivity contribution is 6.73. The average Bonchev–Trinajstić information content (AvgIpc) is 2.12. The van der Waals surface area contributed by atoms with Crippen LogP contribution in [0, 0.1) is 0 Å². The van der Waals surface area contributed by atoms with Gasteiger partial charge in [-0.1, -0.05) is 12.1 Å². The molecule has 0 aliphatic carbocycles. The van der Waals surface area contributed by atoms with Gasteiger partial charge in [-0.3, -0.25) is 0 Å². The van der Waals surface area contributed by atoms with Crippen LogP contribution in [0.2, 0.25) is 0 Å². The summed E-state index contributed by atoms with van der Waals surface area (Å²) in [7, 11) is 0. The minimum atomic E-state index is -5.20. The lowest BCUT2D eigenvalue weighted by molar-refractivity contribution is 0.00697. The monoisotopic (exact) mass is 260 g/mol. The number of halogens is 3. The number of hydrogen-bond acceptors (Lipinski definition) is 3. The summed E-state index contributed by atoms with van der Waals surface area (Å²) in [5.41, 5.74) is 3.37. The molecule has 100 valence electrons. The van der Waals surface area contributed by atoms with Crippen LogP contribution in [-0.4, -0.2) is 18.5 Å². The molecule has 1 aromatic carbocycles. The molecule has 18 heavy (non-hydrogen) atoms. The maximum absolute atomic E-state index is 12.6. The zero-order chi connectivity index (χ0) is 14.1. The number of benzene rings is 1. The number of anilines is 1. The fraction of sp³-hybridized carbons (Fsp3) is 0.364. The van der Waals surface area contributed by atoms with Crippen LogP contribution < -0.4 is 11.2 Å². The summed E-state index contributed by atoms with van der Waals surface area (Å²) in [6.45, 7) is -0.305. The highest BCUT2D eigenvalue weighted by Gasteiger charge is 2.27. The molecule has 0 aromatic heterocycles. The zero-order valence-electron chi connectivity index (χ0n) is 10.3. The highest BCUT2D eigenvalue weighted by Crippen LogP contribution is 2.17. The van der Waals surface area contributed by atoms with Gasteiger partial charge in [0.15, 0.2) is 0 Å². The van der Waals surface area contributed by atoms with E-state index < -0.39 is 24.0 Å². The van der Waals surface area contributed by atoms with E-state index in [1.807, 2.05) is 0 Å². The number of ether oxygens (including phenoxy) is 1. The van der Waals surface area contributed by atoms with E-state index in [2.05, 4.69) is 0 Å². The third-order valence-electron chi connectivity index (χ3n) is 1.99. The maximum atomic E-state index is 12.6. The fourth-order valence-corrected chi connectivity index (χ4v) is 1.32. The van der Waals surface area contributed by atoms with E-state index in [1.54, 1.807) is 20.8 Å². The first kappa shape index (κ1) is 14.4. The Morgan fingerprint density at radius 1 is 1.22 bits per heavy atom. The van der Waals surface area contributed by atoms with E-state index in [0.717, 1.165) is 12.1 Å². The first-order valence-corrected chi connectivity index (χ1v) is 5.33. The second kappa shape index (κ2) is 4.55. The third kappa shape index (κ3) is 3.98. The van der Waals surface area contributed by atoms with Crippen molar-refractivity contribution in [2.75, 3.05) is 5.73 Å². The highest BCUT2D eigenvalue weighted by atomic mass is 19.4. The molecule has 0 unspecified atom stereocenters. The summed E-state index contributed by atoms with van der Waals surface area (Å²) < 4.78 is 42.8. The lowest BCUT2D eigenvalue weighted by atomic mass is 9.79. The largest absolute Gasteiger partial charge is 0.509 e. The number of nitrogen functional groups attached to an aromatic ring is 1. The van der Waals surface area contributed by atoms with Crippen molar-refractivity contribution in [2.45, 2.75) is 26.4 Å². The SMILES string of the molecule is CC(C)(C)OC(=O)c1cc(N)cc([B-](F)(F)F)c1. The van der Waals surface area contributed by atoms with E-state index in [-0.39, 0.29) is 11.3 Å². The molecule has 7 heteroatoms. The lowest BCUT2D eigenvalue weighted by Crippen LogP contribution is -2.35. The van der Waals surface area contributed by atoms with Gasteiger partial charge in [0, 0.05) is 5.69 Å². The molecular weight excluding hydrogens is 246 g/mol. The van der Waals surface area contributed by atoms with Crippen molar-refractivity contribution in [1.82, 2.24) is 0 Å². The smallest absolute Gasteiger partial charge is 0.456 e. The van der Waals surface area contributed by atoms with Crippen LogP contribution in [0.5, 0.6) is 0 Å². The Balaban J connectivity index is 3.11. The van der Waals surface area contributed by atoms with Gasteiger partial charge < -0.3 is 23.4 Å². The van der Waals surface area contributed by atoms with E-state index in [4.69, 9.17) is 10.5 Å². The molecule has 0 amide bonds. The lowest BCUT2D eigenvalue weighted by Gasteiger charge is -2.21. The third-order valence-corrected chi connectivity index (χ3v) is 1.99. The van der Waals surface area contributed by atoms with E-state index in [0.29, 0.717) is 0 Å². The zero-order valence-corrected chi connectivity index (χ0v) is 10.3. The number of rotatable bonds is 2. The Kier molecular flexibility index (Phi) is 3.64. The second-order valence-corrected chi connectivity index (χ2v) is 4.97. The summed E-state index contributed by atoms with van der Waals surface area (Å²) in [5.74, 6) is -0.823. The predicted octanol–water partition coefficient (Wildman–Crippen LogP) is 2.28. The first-order valence-electron chi connectivity index (χ1n) is 5.33. The van der Waals surface area contributed by atoms with Gasteiger partial charge in [0.05, 0.1) is 5.56 Å². The van der Waals surface area contributed by atoms with Crippen LogP contribution in [0.15, 0.2) is 18.2 Å². The van der Waals surface area contributed by atoms with Crippen molar-refractivity contribution < 1.29 is 22.5 Å². The van der Waals surface area contributed by atoms with Crippen LogP contribution in [0.1, 0.15) is 31.1 Å². The summed E-state index contributed by atoms with van der Waals surface area (Å²) in [6, 6.07) is 2.72. The van der Waals surface area contributed by atoms with Crippen molar-refractivity contribution >= 4 is 24.1 Å². The van der Waals surface area contributed by atoms with Crippen LogP contribution in [0.25, 0.3) is 0 Å². The summed E-state index contributed by atoms with van der Waals surface area (Å²) in [6.07, 6.45) is 0. The number of nitrogens with two attached hydrogens (primary N) is 1. The summed E-state index contributed by atoms with van der Waals surface area (Å²) in [5, 5.41) is 0. The van der Waals surface area contributed by atoms with E-state index >= 15 is 0 Å². The molecule has 0 aliphatic rings. The van der Waals surface area contributed by atoms with Gasteiger partial charge in [-0.05, 0) is 26.8 Å². The Bertz CT molecular complexity index is 466. The minimum absolute atomic E-state index is 0.118. The topological polar surface area (TPSA) is 52.3 Å². The Labute approximate surface area is 103 Å². The maximum Gasteiger partial charge on any atom is 0.509 e. The number of hydrogen-bond donors (Lipinski definition) is 1. The molecule has 0 fully saturated rings. The Morgan fingerprint density at radius 3 is 2.22 bits per heavy atom. The summed E-state index contributed by atoms with van der Waals surface area (Å²) in [4.78, 5) is 11.7. The molecule has 3 nitrogen and oxygen atoms in total. The molecule has 1 aromatic rings. The van der Waals surface area contributed by atoms with Crippen LogP contribution in [0.3, 0.4) is 0 Å². The average molecular weight is 260 g/mol. The first-order chi connectivity index (χ1) is 7.99. The second-order valence-electron chi connectivity index (χ2n) is 4.97. The molecule has 0 saturated carbocycles. The predicted molar refractivity (Wildman–Crippen MR) is 64.7 cm³/mol. The molecule has 2 N–H and O–H groups in total.